The van der Waals surface area contributed by atoms with Crippen LogP contribution in [0, 0.1) is 6.92 Å². The summed E-state index contributed by atoms with van der Waals surface area (Å²) in [4.78, 5) is 23.9. The van der Waals surface area contributed by atoms with Crippen LogP contribution in [-0.4, -0.2) is 27.6 Å². The highest BCUT2D eigenvalue weighted by atomic mass is 35.6. The van der Waals surface area contributed by atoms with E-state index in [4.69, 9.17) is 51.1 Å². The molecule has 0 radical (unpaired) electrons. The Balaban J connectivity index is 2.46. The number of carbonyl (C=O) groups is 2. The minimum absolute atomic E-state index is 0.305. The standard InChI is InChI=1S/C18H15Cl4NO3S/c1-11-3-5-12(6-4-11)15(24)23-17(16(25)26-2,18(20,21)22)27-14-9-7-13(19)8-10-14/h3-10H,1-2H3,(H,23,24). The number of alkyl halides is 3. The zero-order chi connectivity index (χ0) is 20.2. The molecule has 4 nitrogen and oxygen atoms in total. The van der Waals surface area contributed by atoms with Crippen LogP contribution < -0.4 is 5.32 Å². The molecule has 1 amide bonds. The van der Waals surface area contributed by atoms with Crippen molar-refractivity contribution < 1.29 is 14.3 Å². The summed E-state index contributed by atoms with van der Waals surface area (Å²) < 4.78 is 2.62. The highest BCUT2D eigenvalue weighted by Crippen LogP contribution is 2.49. The fourth-order valence-corrected chi connectivity index (χ4v) is 4.02. The van der Waals surface area contributed by atoms with Gasteiger partial charge in [0.25, 0.3) is 5.91 Å². The second-order valence-corrected chi connectivity index (χ2v) is 9.55. The maximum atomic E-state index is 12.8. The van der Waals surface area contributed by atoms with Crippen LogP contribution in [0.2, 0.25) is 5.02 Å². The van der Waals surface area contributed by atoms with Gasteiger partial charge in [0.05, 0.1) is 7.11 Å². The Morgan fingerprint density at radius 2 is 1.56 bits per heavy atom. The van der Waals surface area contributed by atoms with E-state index in [1.165, 1.54) is 0 Å². The molecule has 0 fully saturated rings. The van der Waals surface area contributed by atoms with Gasteiger partial charge in [-0.15, -0.1) is 0 Å². The molecule has 0 saturated heterocycles. The van der Waals surface area contributed by atoms with Gasteiger partial charge in [-0.2, -0.15) is 0 Å². The van der Waals surface area contributed by atoms with Gasteiger partial charge in [-0.1, -0.05) is 75.9 Å². The van der Waals surface area contributed by atoms with Crippen LogP contribution >= 0.6 is 58.2 Å². The molecule has 144 valence electrons. The average molecular weight is 467 g/mol. The predicted molar refractivity (Wildman–Crippen MR) is 111 cm³/mol. The first kappa shape index (κ1) is 22.2. The molecule has 9 heteroatoms. The molecule has 0 aromatic heterocycles. The molecule has 1 unspecified atom stereocenters. The summed E-state index contributed by atoms with van der Waals surface area (Å²) in [6, 6.07) is 13.2. The van der Waals surface area contributed by atoms with Crippen molar-refractivity contribution >= 4 is 70.0 Å². The molecular weight excluding hydrogens is 452 g/mol. The second-order valence-electron chi connectivity index (χ2n) is 5.55. The smallest absolute Gasteiger partial charge is 0.347 e. The van der Waals surface area contributed by atoms with Crippen molar-refractivity contribution in [2.24, 2.45) is 0 Å². The van der Waals surface area contributed by atoms with E-state index in [-0.39, 0.29) is 0 Å². The zero-order valence-corrected chi connectivity index (χ0v) is 18.1. The van der Waals surface area contributed by atoms with E-state index in [2.05, 4.69) is 5.32 Å². The number of nitrogens with one attached hydrogen (secondary N) is 1. The van der Waals surface area contributed by atoms with Gasteiger partial charge in [-0.05, 0) is 43.3 Å². The highest BCUT2D eigenvalue weighted by Gasteiger charge is 2.58. The van der Waals surface area contributed by atoms with Crippen LogP contribution in [-0.2, 0) is 9.53 Å². The lowest BCUT2D eigenvalue weighted by Gasteiger charge is -2.36. The Bertz CT molecular complexity index is 822. The number of rotatable bonds is 5. The average Bonchev–Trinajstić information content (AvgIpc) is 2.61. The van der Waals surface area contributed by atoms with Crippen LogP contribution in [0.3, 0.4) is 0 Å². The Hall–Kier alpha value is -1.11. The number of aryl methyl sites for hydroxylation is 1. The molecule has 0 spiro atoms. The van der Waals surface area contributed by atoms with Gasteiger partial charge in [0, 0.05) is 15.5 Å². The first-order valence-corrected chi connectivity index (χ1v) is 9.91. The van der Waals surface area contributed by atoms with E-state index >= 15 is 0 Å². The van der Waals surface area contributed by atoms with Crippen molar-refractivity contribution in [1.29, 1.82) is 0 Å². The molecule has 0 aliphatic carbocycles. The summed E-state index contributed by atoms with van der Waals surface area (Å²) in [7, 11) is 1.15. The van der Waals surface area contributed by atoms with Crippen LogP contribution in [0.1, 0.15) is 15.9 Å². The topological polar surface area (TPSA) is 55.4 Å². The summed E-state index contributed by atoms with van der Waals surface area (Å²) in [5, 5.41) is 3.04. The van der Waals surface area contributed by atoms with E-state index in [0.29, 0.717) is 15.5 Å². The lowest BCUT2D eigenvalue weighted by atomic mass is 10.1. The van der Waals surface area contributed by atoms with Gasteiger partial charge in [-0.3, -0.25) is 4.79 Å². The summed E-state index contributed by atoms with van der Waals surface area (Å²) in [6.07, 6.45) is 0. The Labute approximate surface area is 181 Å². The molecule has 2 aromatic rings. The molecule has 0 aliphatic rings. The lowest BCUT2D eigenvalue weighted by molar-refractivity contribution is -0.144. The quantitative estimate of drug-likeness (QED) is 0.277. The molecule has 0 saturated carbocycles. The van der Waals surface area contributed by atoms with Gasteiger partial charge in [0.2, 0.25) is 8.66 Å². The summed E-state index contributed by atoms with van der Waals surface area (Å²) >= 11 is 25.1. The van der Waals surface area contributed by atoms with E-state index in [1.807, 2.05) is 6.92 Å². The number of esters is 1. The Kier molecular flexibility index (Phi) is 7.33. The minimum atomic E-state index is -2.22. The first-order valence-electron chi connectivity index (χ1n) is 7.58. The molecule has 2 rings (SSSR count). The summed E-state index contributed by atoms with van der Waals surface area (Å²) in [5.41, 5.74) is 1.28. The van der Waals surface area contributed by atoms with Gasteiger partial charge in [0.1, 0.15) is 0 Å². The third-order valence-corrected chi connectivity index (χ3v) is 6.39. The van der Waals surface area contributed by atoms with Gasteiger partial charge < -0.3 is 10.1 Å². The number of methoxy groups -OCH3 is 1. The van der Waals surface area contributed by atoms with Crippen molar-refractivity contribution in [2.45, 2.75) is 20.5 Å². The van der Waals surface area contributed by atoms with Gasteiger partial charge in [0.15, 0.2) is 0 Å². The Morgan fingerprint density at radius 3 is 2.04 bits per heavy atom. The summed E-state index contributed by atoms with van der Waals surface area (Å²) in [5.74, 6) is -1.50. The number of hydrogen-bond donors (Lipinski definition) is 1. The number of halogens is 4. The number of thioether (sulfide) groups is 1. The third kappa shape index (κ3) is 5.24. The zero-order valence-electron chi connectivity index (χ0n) is 14.3. The van der Waals surface area contributed by atoms with Crippen molar-refractivity contribution in [3.63, 3.8) is 0 Å². The second kappa shape index (κ2) is 8.93. The van der Waals surface area contributed by atoms with Crippen molar-refractivity contribution in [3.8, 4) is 0 Å². The molecule has 1 N–H and O–H groups in total. The number of carbonyl (C=O) groups excluding carboxylic acids is 2. The van der Waals surface area contributed by atoms with E-state index < -0.39 is 20.5 Å². The van der Waals surface area contributed by atoms with Gasteiger partial charge in [-0.25, -0.2) is 4.79 Å². The van der Waals surface area contributed by atoms with Crippen LogP contribution in [0.4, 0.5) is 0 Å². The summed E-state index contributed by atoms with van der Waals surface area (Å²) in [6.45, 7) is 1.89. The van der Waals surface area contributed by atoms with E-state index in [0.717, 1.165) is 24.4 Å². The largest absolute Gasteiger partial charge is 0.466 e. The first-order chi connectivity index (χ1) is 12.6. The number of amides is 1. The monoisotopic (exact) mass is 465 g/mol. The Morgan fingerprint density at radius 1 is 1.00 bits per heavy atom. The van der Waals surface area contributed by atoms with E-state index in [9.17, 15) is 9.59 Å². The van der Waals surface area contributed by atoms with Gasteiger partial charge >= 0.3 is 5.97 Å². The third-order valence-electron chi connectivity index (χ3n) is 3.56. The fourth-order valence-electron chi connectivity index (χ4n) is 2.12. The molecular formula is C18H15Cl4NO3S. The fraction of sp³-hybridized carbons (Fsp3) is 0.222. The molecule has 0 aliphatic heterocycles. The van der Waals surface area contributed by atoms with Crippen LogP contribution in [0.15, 0.2) is 53.4 Å². The predicted octanol–water partition coefficient (Wildman–Crippen LogP) is 5.41. The molecule has 2 aromatic carbocycles. The lowest BCUT2D eigenvalue weighted by Crippen LogP contribution is -2.60. The normalized spacial score (nSPS) is 13.6. The van der Waals surface area contributed by atoms with Crippen molar-refractivity contribution in [2.75, 3.05) is 7.11 Å². The van der Waals surface area contributed by atoms with Crippen LogP contribution in [0.5, 0.6) is 0 Å². The number of benzene rings is 2. The maximum absolute atomic E-state index is 12.8. The minimum Gasteiger partial charge on any atom is -0.466 e. The van der Waals surface area contributed by atoms with Crippen LogP contribution in [0.25, 0.3) is 0 Å². The molecule has 1 atom stereocenters. The number of ether oxygens (including phenoxy) is 1. The maximum Gasteiger partial charge on any atom is 0.347 e. The van der Waals surface area contributed by atoms with Crippen molar-refractivity contribution in [1.82, 2.24) is 5.32 Å². The number of hydrogen-bond acceptors (Lipinski definition) is 4. The molecule has 0 bridgehead atoms. The van der Waals surface area contributed by atoms with E-state index in [1.54, 1.807) is 48.5 Å². The SMILES string of the molecule is COC(=O)C(NC(=O)c1ccc(C)cc1)(Sc1ccc(Cl)cc1)C(Cl)(Cl)Cl. The highest BCUT2D eigenvalue weighted by molar-refractivity contribution is 8.01. The molecule has 27 heavy (non-hydrogen) atoms. The molecule has 0 heterocycles. The van der Waals surface area contributed by atoms with Crippen molar-refractivity contribution in [3.05, 3.63) is 64.7 Å².